The molecule has 0 spiro atoms. The molecule has 1 fully saturated rings. The zero-order valence-electron chi connectivity index (χ0n) is 28.2. The van der Waals surface area contributed by atoms with E-state index < -0.39 is 40.0 Å². The van der Waals surface area contributed by atoms with Crippen molar-refractivity contribution >= 4 is 27.9 Å². The fourth-order valence-electron chi connectivity index (χ4n) is 5.62. The van der Waals surface area contributed by atoms with Crippen LogP contribution >= 0.6 is 0 Å². The average Bonchev–Trinajstić information content (AvgIpc) is 3.64. The van der Waals surface area contributed by atoms with Crippen molar-refractivity contribution in [2.45, 2.75) is 42.8 Å². The largest absolute Gasteiger partial charge is 0.496 e. The second-order valence-corrected chi connectivity index (χ2v) is 13.1. The van der Waals surface area contributed by atoms with Gasteiger partial charge in [-0.05, 0) is 65.9 Å². The standard InChI is InChI=1S/C35H42N2O11S/c1-43-17-18-48-22-24-20-30(44-2)32(31(21-24)45-3)25-10-8-23(9-11-25)19-28(35(40)47-5)36-33(38)29-7-6-16-37(29)49(41,42)27-14-12-26(13-15-27)34(39)46-4/h8-15,20-21,28-29H,6-7,16-19,22H2,1-5H3,(H,36,38)/t28?,29-/m0/s1. The zero-order chi connectivity index (χ0) is 35.6. The lowest BCUT2D eigenvalue weighted by Crippen LogP contribution is -2.51. The number of ether oxygens (including phenoxy) is 6. The van der Waals surface area contributed by atoms with E-state index in [0.717, 1.165) is 26.6 Å². The van der Waals surface area contributed by atoms with E-state index in [1.54, 1.807) is 21.3 Å². The van der Waals surface area contributed by atoms with Crippen LogP contribution in [0.5, 0.6) is 11.5 Å². The van der Waals surface area contributed by atoms with Gasteiger partial charge in [-0.15, -0.1) is 0 Å². The van der Waals surface area contributed by atoms with Crippen LogP contribution in [-0.4, -0.2) is 98.0 Å². The number of benzene rings is 3. The van der Waals surface area contributed by atoms with Gasteiger partial charge in [0.2, 0.25) is 15.9 Å². The Kier molecular flexibility index (Phi) is 13.1. The van der Waals surface area contributed by atoms with Gasteiger partial charge in [0.1, 0.15) is 23.6 Å². The molecule has 1 aliphatic rings. The highest BCUT2D eigenvalue weighted by Gasteiger charge is 2.40. The SMILES string of the molecule is COCCOCc1cc(OC)c(-c2ccc(CC(NC(=O)[C@@H]3CCCN3S(=O)(=O)c3ccc(C(=O)OC)cc3)C(=O)OC)cc2)c(OC)c1. The first-order valence-corrected chi connectivity index (χ1v) is 17.0. The summed E-state index contributed by atoms with van der Waals surface area (Å²) in [7, 11) is 3.12. The van der Waals surface area contributed by atoms with Crippen LogP contribution in [0.3, 0.4) is 0 Å². The molecular weight excluding hydrogens is 656 g/mol. The molecule has 1 saturated heterocycles. The Labute approximate surface area is 286 Å². The van der Waals surface area contributed by atoms with E-state index in [4.69, 9.17) is 23.7 Å². The number of nitrogens with zero attached hydrogens (tertiary/aromatic N) is 1. The Morgan fingerprint density at radius 3 is 2.08 bits per heavy atom. The number of hydrogen-bond donors (Lipinski definition) is 1. The first-order chi connectivity index (χ1) is 23.6. The molecule has 0 radical (unpaired) electrons. The second kappa shape index (κ2) is 17.2. The summed E-state index contributed by atoms with van der Waals surface area (Å²) in [6.45, 7) is 1.41. The molecule has 1 unspecified atom stereocenters. The van der Waals surface area contributed by atoms with Crippen LogP contribution in [0.4, 0.5) is 0 Å². The lowest BCUT2D eigenvalue weighted by Gasteiger charge is -2.25. The number of rotatable bonds is 16. The summed E-state index contributed by atoms with van der Waals surface area (Å²) in [6.07, 6.45) is 0.825. The third-order valence-corrected chi connectivity index (χ3v) is 10.1. The number of methoxy groups -OCH3 is 5. The van der Waals surface area contributed by atoms with Crippen molar-refractivity contribution in [3.05, 3.63) is 77.4 Å². The third kappa shape index (κ3) is 8.95. The molecule has 14 heteroatoms. The van der Waals surface area contributed by atoms with E-state index in [1.165, 1.54) is 38.5 Å². The van der Waals surface area contributed by atoms with Gasteiger partial charge in [-0.2, -0.15) is 4.31 Å². The predicted octanol–water partition coefficient (Wildman–Crippen LogP) is 3.37. The molecule has 49 heavy (non-hydrogen) atoms. The molecule has 4 rings (SSSR count). The van der Waals surface area contributed by atoms with Crippen molar-refractivity contribution in [1.29, 1.82) is 0 Å². The quantitative estimate of drug-likeness (QED) is 0.173. The normalized spacial score (nSPS) is 15.3. The first-order valence-electron chi connectivity index (χ1n) is 15.6. The van der Waals surface area contributed by atoms with Crippen LogP contribution in [0.25, 0.3) is 11.1 Å². The third-order valence-electron chi connectivity index (χ3n) is 8.14. The molecule has 1 aliphatic heterocycles. The van der Waals surface area contributed by atoms with Gasteiger partial charge < -0.3 is 33.7 Å². The lowest BCUT2D eigenvalue weighted by atomic mass is 9.98. The van der Waals surface area contributed by atoms with E-state index in [-0.39, 0.29) is 29.8 Å². The molecular formula is C35H42N2O11S. The molecule has 0 bridgehead atoms. The zero-order valence-corrected chi connectivity index (χ0v) is 29.0. The second-order valence-electron chi connectivity index (χ2n) is 11.2. The minimum Gasteiger partial charge on any atom is -0.496 e. The van der Waals surface area contributed by atoms with Gasteiger partial charge in [-0.1, -0.05) is 24.3 Å². The first kappa shape index (κ1) is 37.3. The Morgan fingerprint density at radius 1 is 0.857 bits per heavy atom. The van der Waals surface area contributed by atoms with Crippen molar-refractivity contribution in [2.24, 2.45) is 0 Å². The van der Waals surface area contributed by atoms with Crippen molar-refractivity contribution in [2.75, 3.05) is 55.3 Å². The van der Waals surface area contributed by atoms with Gasteiger partial charge in [0.05, 0.1) is 64.3 Å². The number of sulfonamides is 1. The van der Waals surface area contributed by atoms with E-state index >= 15 is 0 Å². The Morgan fingerprint density at radius 2 is 1.51 bits per heavy atom. The minimum atomic E-state index is -4.08. The fourth-order valence-corrected chi connectivity index (χ4v) is 7.28. The Balaban J connectivity index is 1.50. The van der Waals surface area contributed by atoms with Crippen LogP contribution in [0.1, 0.15) is 34.3 Å². The highest BCUT2D eigenvalue weighted by Crippen LogP contribution is 2.40. The van der Waals surface area contributed by atoms with Crippen molar-refractivity contribution in [3.63, 3.8) is 0 Å². The number of carbonyl (C=O) groups excluding carboxylic acids is 3. The summed E-state index contributed by atoms with van der Waals surface area (Å²) in [5, 5.41) is 2.72. The fraction of sp³-hybridized carbons (Fsp3) is 0.400. The lowest BCUT2D eigenvalue weighted by molar-refractivity contribution is -0.145. The summed E-state index contributed by atoms with van der Waals surface area (Å²) in [6, 6.07) is 14.3. The molecule has 0 saturated carbocycles. The molecule has 1 heterocycles. The van der Waals surface area contributed by atoms with Crippen LogP contribution in [-0.2, 0) is 51.6 Å². The van der Waals surface area contributed by atoms with E-state index in [0.29, 0.717) is 37.7 Å². The smallest absolute Gasteiger partial charge is 0.337 e. The molecule has 0 aromatic heterocycles. The summed E-state index contributed by atoms with van der Waals surface area (Å²) >= 11 is 0. The number of carbonyl (C=O) groups is 3. The maximum atomic E-state index is 13.5. The number of nitrogens with one attached hydrogen (secondary N) is 1. The van der Waals surface area contributed by atoms with Gasteiger partial charge in [-0.3, -0.25) is 4.79 Å². The maximum absolute atomic E-state index is 13.5. The molecule has 3 aromatic rings. The highest BCUT2D eigenvalue weighted by molar-refractivity contribution is 7.89. The number of amides is 1. The molecule has 2 atom stereocenters. The van der Waals surface area contributed by atoms with Gasteiger partial charge >= 0.3 is 11.9 Å². The van der Waals surface area contributed by atoms with Gasteiger partial charge in [0.25, 0.3) is 0 Å². The minimum absolute atomic E-state index is 0.0669. The molecule has 1 N–H and O–H groups in total. The molecule has 0 aliphatic carbocycles. The van der Waals surface area contributed by atoms with Crippen LogP contribution in [0.15, 0.2) is 65.6 Å². The summed E-state index contributed by atoms with van der Waals surface area (Å²) in [5.74, 6) is -0.699. The maximum Gasteiger partial charge on any atom is 0.337 e. The number of hydrogen-bond acceptors (Lipinski definition) is 11. The van der Waals surface area contributed by atoms with Crippen LogP contribution in [0.2, 0.25) is 0 Å². The monoisotopic (exact) mass is 698 g/mol. The van der Waals surface area contributed by atoms with E-state index in [2.05, 4.69) is 10.1 Å². The molecule has 3 aromatic carbocycles. The summed E-state index contributed by atoms with van der Waals surface area (Å²) in [5.41, 5.74) is 3.32. The molecule has 1 amide bonds. The van der Waals surface area contributed by atoms with Crippen LogP contribution < -0.4 is 14.8 Å². The van der Waals surface area contributed by atoms with E-state index in [1.807, 2.05) is 36.4 Å². The van der Waals surface area contributed by atoms with Crippen molar-refractivity contribution in [1.82, 2.24) is 9.62 Å². The molecule has 13 nitrogen and oxygen atoms in total. The number of esters is 2. The van der Waals surface area contributed by atoms with Gasteiger partial charge in [0, 0.05) is 20.1 Å². The van der Waals surface area contributed by atoms with Gasteiger partial charge in [-0.25, -0.2) is 18.0 Å². The van der Waals surface area contributed by atoms with E-state index in [9.17, 15) is 22.8 Å². The van der Waals surface area contributed by atoms with Crippen LogP contribution in [0, 0.1) is 0 Å². The Bertz CT molecular complexity index is 1690. The summed E-state index contributed by atoms with van der Waals surface area (Å²) in [4.78, 5) is 38.1. The average molecular weight is 699 g/mol. The Hall–Kier alpha value is -4.50. The topological polar surface area (TPSA) is 156 Å². The van der Waals surface area contributed by atoms with Gasteiger partial charge in [0.15, 0.2) is 0 Å². The molecule has 264 valence electrons. The van der Waals surface area contributed by atoms with Crippen molar-refractivity contribution < 1.29 is 51.2 Å². The predicted molar refractivity (Wildman–Crippen MR) is 179 cm³/mol. The van der Waals surface area contributed by atoms with Crippen molar-refractivity contribution in [3.8, 4) is 22.6 Å². The highest BCUT2D eigenvalue weighted by atomic mass is 32.2. The summed E-state index contributed by atoms with van der Waals surface area (Å²) < 4.78 is 59.9.